The SMILES string of the molecule is C[C@]12OC(=O)C=C1CC(NC1CCCCCCC1)CN1CCCC[C@@H]12. The van der Waals surface area contributed by atoms with Crippen LogP contribution in [-0.2, 0) is 9.53 Å². The maximum absolute atomic E-state index is 12.0. The molecule has 25 heavy (non-hydrogen) atoms. The van der Waals surface area contributed by atoms with E-state index in [-0.39, 0.29) is 5.97 Å². The van der Waals surface area contributed by atoms with Gasteiger partial charge in [-0.25, -0.2) is 4.79 Å². The fraction of sp³-hybridized carbons (Fsp3) is 0.857. The van der Waals surface area contributed by atoms with E-state index < -0.39 is 5.60 Å². The highest BCUT2D eigenvalue weighted by atomic mass is 16.6. The molecule has 4 nitrogen and oxygen atoms in total. The molecule has 4 rings (SSSR count). The molecular weight excluding hydrogens is 312 g/mol. The van der Waals surface area contributed by atoms with Crippen molar-refractivity contribution in [1.82, 2.24) is 10.2 Å². The summed E-state index contributed by atoms with van der Waals surface area (Å²) in [5.74, 6) is -0.130. The summed E-state index contributed by atoms with van der Waals surface area (Å²) < 4.78 is 5.88. The first-order valence-electron chi connectivity index (χ1n) is 10.6. The summed E-state index contributed by atoms with van der Waals surface area (Å²) in [5.41, 5.74) is 0.838. The Morgan fingerprint density at radius 3 is 2.56 bits per heavy atom. The fourth-order valence-corrected chi connectivity index (χ4v) is 5.65. The topological polar surface area (TPSA) is 41.6 Å². The standard InChI is InChI=1S/C21H34N2O2/c1-21-16(14-20(24)25-21)13-18(15-23-12-8-7-11-19(21)23)22-17-9-5-3-2-4-6-10-17/h14,17-19,22H,2-13,15H2,1H3/t18?,19-,21+/m1/s1. The van der Waals surface area contributed by atoms with Crippen LogP contribution >= 0.6 is 0 Å². The lowest BCUT2D eigenvalue weighted by Gasteiger charge is -2.43. The first-order valence-corrected chi connectivity index (χ1v) is 10.6. The van der Waals surface area contributed by atoms with E-state index in [1.54, 1.807) is 6.08 Å². The highest BCUT2D eigenvalue weighted by molar-refractivity contribution is 5.87. The van der Waals surface area contributed by atoms with Gasteiger partial charge in [0.2, 0.25) is 0 Å². The van der Waals surface area contributed by atoms with Gasteiger partial charge < -0.3 is 10.1 Å². The van der Waals surface area contributed by atoms with Crippen LogP contribution < -0.4 is 5.32 Å². The second kappa shape index (κ2) is 7.40. The van der Waals surface area contributed by atoms with Gasteiger partial charge in [0.05, 0.1) is 6.04 Å². The Balaban J connectivity index is 1.51. The normalized spacial score (nSPS) is 38.0. The molecule has 3 heterocycles. The third-order valence-corrected chi connectivity index (χ3v) is 6.99. The van der Waals surface area contributed by atoms with E-state index in [2.05, 4.69) is 17.1 Å². The highest BCUT2D eigenvalue weighted by Gasteiger charge is 2.51. The minimum absolute atomic E-state index is 0.130. The van der Waals surface area contributed by atoms with Gasteiger partial charge in [0.1, 0.15) is 5.60 Å². The summed E-state index contributed by atoms with van der Waals surface area (Å²) in [7, 11) is 0. The number of ether oxygens (including phenoxy) is 1. The summed E-state index contributed by atoms with van der Waals surface area (Å²) in [6, 6.07) is 1.47. The van der Waals surface area contributed by atoms with Crippen molar-refractivity contribution < 1.29 is 9.53 Å². The number of hydrogen-bond donors (Lipinski definition) is 1. The number of carbonyl (C=O) groups is 1. The van der Waals surface area contributed by atoms with Gasteiger partial charge in [-0.05, 0) is 51.1 Å². The van der Waals surface area contributed by atoms with Crippen molar-refractivity contribution in [3.63, 3.8) is 0 Å². The number of fused-ring (bicyclic) bond motifs is 3. The van der Waals surface area contributed by atoms with Crippen molar-refractivity contribution >= 4 is 5.97 Å². The van der Waals surface area contributed by atoms with Crippen LogP contribution in [0.15, 0.2) is 11.6 Å². The largest absolute Gasteiger partial charge is 0.450 e. The number of esters is 1. The molecule has 1 saturated carbocycles. The van der Waals surface area contributed by atoms with Crippen molar-refractivity contribution in [3.05, 3.63) is 11.6 Å². The van der Waals surface area contributed by atoms with E-state index in [9.17, 15) is 4.79 Å². The van der Waals surface area contributed by atoms with Crippen molar-refractivity contribution in [2.45, 2.75) is 101 Å². The van der Waals surface area contributed by atoms with E-state index in [1.807, 2.05) is 0 Å². The van der Waals surface area contributed by atoms with Gasteiger partial charge in [0.25, 0.3) is 0 Å². The second-order valence-electron chi connectivity index (χ2n) is 8.81. The van der Waals surface area contributed by atoms with Gasteiger partial charge in [-0.3, -0.25) is 4.90 Å². The lowest BCUT2D eigenvalue weighted by atomic mass is 9.82. The van der Waals surface area contributed by atoms with Crippen LogP contribution in [0.3, 0.4) is 0 Å². The molecular formula is C21H34N2O2. The molecule has 1 N–H and O–H groups in total. The van der Waals surface area contributed by atoms with Crippen molar-refractivity contribution in [2.24, 2.45) is 0 Å². The molecule has 0 aromatic heterocycles. The molecule has 0 aromatic rings. The van der Waals surface area contributed by atoms with Crippen molar-refractivity contribution in [1.29, 1.82) is 0 Å². The lowest BCUT2D eigenvalue weighted by molar-refractivity contribution is -0.150. The molecule has 0 bridgehead atoms. The van der Waals surface area contributed by atoms with Crippen LogP contribution in [-0.4, -0.2) is 47.7 Å². The van der Waals surface area contributed by atoms with Crippen molar-refractivity contribution in [2.75, 3.05) is 13.1 Å². The molecule has 4 aliphatic rings. The maximum Gasteiger partial charge on any atom is 0.331 e. The Labute approximate surface area is 152 Å². The Morgan fingerprint density at radius 2 is 1.76 bits per heavy atom. The number of rotatable bonds is 2. The molecule has 1 unspecified atom stereocenters. The number of nitrogens with zero attached hydrogens (tertiary/aromatic N) is 1. The van der Waals surface area contributed by atoms with Crippen molar-refractivity contribution in [3.8, 4) is 0 Å². The molecule has 2 saturated heterocycles. The zero-order chi connectivity index (χ0) is 17.3. The molecule has 140 valence electrons. The van der Waals surface area contributed by atoms with Crippen LogP contribution in [0.5, 0.6) is 0 Å². The molecule has 3 atom stereocenters. The van der Waals surface area contributed by atoms with Gasteiger partial charge in [-0.2, -0.15) is 0 Å². The van der Waals surface area contributed by atoms with E-state index >= 15 is 0 Å². The highest BCUT2D eigenvalue weighted by Crippen LogP contribution is 2.42. The Bertz CT molecular complexity index is 524. The van der Waals surface area contributed by atoms with Crippen LogP contribution in [0.25, 0.3) is 0 Å². The number of hydrogen-bond acceptors (Lipinski definition) is 4. The third kappa shape index (κ3) is 3.66. The molecule has 1 aliphatic carbocycles. The Hall–Kier alpha value is -0.870. The summed E-state index contributed by atoms with van der Waals surface area (Å²) in [6.45, 7) is 4.41. The molecule has 4 heteroatoms. The van der Waals surface area contributed by atoms with Gasteiger partial charge in [0.15, 0.2) is 0 Å². The predicted octanol–water partition coefficient (Wildman–Crippen LogP) is 3.56. The van der Waals surface area contributed by atoms with Gasteiger partial charge in [0, 0.05) is 24.7 Å². The monoisotopic (exact) mass is 346 g/mol. The minimum Gasteiger partial charge on any atom is -0.450 e. The molecule has 0 aromatic carbocycles. The third-order valence-electron chi connectivity index (χ3n) is 6.99. The zero-order valence-corrected chi connectivity index (χ0v) is 15.8. The number of nitrogens with one attached hydrogen (secondary N) is 1. The fourth-order valence-electron chi connectivity index (χ4n) is 5.65. The first-order chi connectivity index (χ1) is 12.1. The van der Waals surface area contributed by atoms with E-state index in [4.69, 9.17) is 4.74 Å². The first kappa shape index (κ1) is 17.5. The lowest BCUT2D eigenvalue weighted by Crippen LogP contribution is -2.54. The predicted molar refractivity (Wildman–Crippen MR) is 99.4 cm³/mol. The quantitative estimate of drug-likeness (QED) is 0.776. The smallest absolute Gasteiger partial charge is 0.331 e. The van der Waals surface area contributed by atoms with E-state index in [0.29, 0.717) is 18.1 Å². The zero-order valence-electron chi connectivity index (χ0n) is 15.8. The molecule has 0 spiro atoms. The van der Waals surface area contributed by atoms with Crippen LogP contribution in [0.4, 0.5) is 0 Å². The van der Waals surface area contributed by atoms with Crippen LogP contribution in [0.2, 0.25) is 0 Å². The molecule has 3 aliphatic heterocycles. The maximum atomic E-state index is 12.0. The van der Waals surface area contributed by atoms with Crippen LogP contribution in [0, 0.1) is 0 Å². The molecule has 0 amide bonds. The number of carbonyl (C=O) groups excluding carboxylic acids is 1. The Kier molecular flexibility index (Phi) is 5.19. The number of piperidine rings is 1. The van der Waals surface area contributed by atoms with Gasteiger partial charge >= 0.3 is 5.97 Å². The summed E-state index contributed by atoms with van der Waals surface area (Å²) in [4.78, 5) is 14.7. The average molecular weight is 347 g/mol. The Morgan fingerprint density at radius 1 is 1.04 bits per heavy atom. The summed E-state index contributed by atoms with van der Waals surface area (Å²) >= 11 is 0. The van der Waals surface area contributed by atoms with Gasteiger partial charge in [-0.1, -0.05) is 38.5 Å². The molecule has 3 fully saturated rings. The van der Waals surface area contributed by atoms with E-state index in [0.717, 1.165) is 25.9 Å². The van der Waals surface area contributed by atoms with E-state index in [1.165, 1.54) is 63.4 Å². The molecule has 0 radical (unpaired) electrons. The van der Waals surface area contributed by atoms with Crippen LogP contribution in [0.1, 0.15) is 77.6 Å². The van der Waals surface area contributed by atoms with Gasteiger partial charge in [-0.15, -0.1) is 0 Å². The second-order valence-corrected chi connectivity index (χ2v) is 8.81. The summed E-state index contributed by atoms with van der Waals surface area (Å²) in [6.07, 6.45) is 16.0. The minimum atomic E-state index is -0.394. The summed E-state index contributed by atoms with van der Waals surface area (Å²) in [5, 5.41) is 3.99. The average Bonchev–Trinajstić information content (AvgIpc) is 2.79.